The van der Waals surface area contributed by atoms with E-state index in [-0.39, 0.29) is 0 Å². The van der Waals surface area contributed by atoms with Crippen molar-refractivity contribution >= 4 is 44.8 Å². The van der Waals surface area contributed by atoms with Crippen molar-refractivity contribution < 1.29 is 0 Å². The highest BCUT2D eigenvalue weighted by Crippen LogP contribution is 2.32. The second-order valence-corrected chi connectivity index (χ2v) is 5.83. The van der Waals surface area contributed by atoms with Gasteiger partial charge in [-0.05, 0) is 56.7 Å². The van der Waals surface area contributed by atoms with Crippen molar-refractivity contribution in [3.05, 3.63) is 50.9 Å². The van der Waals surface area contributed by atoms with Crippen molar-refractivity contribution in [1.29, 1.82) is 0 Å². The van der Waals surface area contributed by atoms with Crippen molar-refractivity contribution in [3.63, 3.8) is 0 Å². The molecule has 3 aromatic rings. The van der Waals surface area contributed by atoms with Crippen molar-refractivity contribution in [2.75, 3.05) is 5.73 Å². The van der Waals surface area contributed by atoms with Crippen LogP contribution in [0.4, 0.5) is 5.69 Å². The molecule has 0 aliphatic rings. The van der Waals surface area contributed by atoms with Crippen molar-refractivity contribution in [2.24, 2.45) is 0 Å². The van der Waals surface area contributed by atoms with Gasteiger partial charge in [0, 0.05) is 11.3 Å². The monoisotopic (exact) mass is 383 g/mol. The van der Waals surface area contributed by atoms with Gasteiger partial charge in [0.15, 0.2) is 5.82 Å². The molecule has 0 aliphatic carbocycles. The number of halogens is 3. The molecule has 8 heteroatoms. The number of hydrogen-bond acceptors (Lipinski definition) is 4. The molecule has 0 amide bonds. The highest BCUT2D eigenvalue weighted by Gasteiger charge is 2.15. The first-order valence-electron chi connectivity index (χ1n) is 5.86. The Bertz CT molecular complexity index is 818. The van der Waals surface area contributed by atoms with Crippen LogP contribution in [0.15, 0.2) is 40.9 Å². The van der Waals surface area contributed by atoms with Gasteiger partial charge in [-0.3, -0.25) is 0 Å². The number of nitrogens with zero attached hydrogens (tertiary/aromatic N) is 4. The molecule has 1 aromatic heterocycles. The number of anilines is 1. The van der Waals surface area contributed by atoms with E-state index >= 15 is 0 Å². The Labute approximate surface area is 138 Å². The molecule has 3 rings (SSSR count). The predicted molar refractivity (Wildman–Crippen MR) is 86.7 cm³/mol. The molecule has 5 nitrogen and oxygen atoms in total. The van der Waals surface area contributed by atoms with Crippen LogP contribution in [0.1, 0.15) is 0 Å². The number of tetrazole rings is 1. The van der Waals surface area contributed by atoms with Gasteiger partial charge in [-0.25, -0.2) is 0 Å². The molecule has 106 valence electrons. The van der Waals surface area contributed by atoms with E-state index in [0.717, 1.165) is 10.0 Å². The third-order valence-corrected chi connectivity index (χ3v) is 4.51. The molecule has 2 aromatic carbocycles. The fourth-order valence-electron chi connectivity index (χ4n) is 1.87. The van der Waals surface area contributed by atoms with Crippen LogP contribution in [0.2, 0.25) is 10.0 Å². The van der Waals surface area contributed by atoms with Gasteiger partial charge in [-0.1, -0.05) is 29.3 Å². The third-order valence-electron chi connectivity index (χ3n) is 2.89. The summed E-state index contributed by atoms with van der Waals surface area (Å²) in [6.45, 7) is 0. The van der Waals surface area contributed by atoms with Gasteiger partial charge in [0.05, 0.1) is 20.2 Å². The maximum atomic E-state index is 6.04. The fourth-order valence-corrected chi connectivity index (χ4v) is 2.60. The molecule has 2 N–H and O–H groups in total. The second-order valence-electron chi connectivity index (χ2n) is 4.22. The highest BCUT2D eigenvalue weighted by molar-refractivity contribution is 9.10. The van der Waals surface area contributed by atoms with Gasteiger partial charge in [0.1, 0.15) is 0 Å². The van der Waals surface area contributed by atoms with Gasteiger partial charge in [-0.15, -0.1) is 5.10 Å². The molecule has 0 radical (unpaired) electrons. The minimum Gasteiger partial charge on any atom is -0.398 e. The number of rotatable bonds is 2. The molecule has 1 heterocycles. The Morgan fingerprint density at radius 3 is 2.67 bits per heavy atom. The van der Waals surface area contributed by atoms with Crippen molar-refractivity contribution in [3.8, 4) is 17.1 Å². The Morgan fingerprint density at radius 2 is 1.90 bits per heavy atom. The number of nitrogens with two attached hydrogens (primary N) is 1. The molecule has 0 saturated carbocycles. The molecule has 0 unspecified atom stereocenters. The molecule has 0 aliphatic heterocycles. The van der Waals surface area contributed by atoms with E-state index in [1.807, 2.05) is 12.1 Å². The molecule has 0 atom stereocenters. The van der Waals surface area contributed by atoms with Crippen LogP contribution in [0.3, 0.4) is 0 Å². The summed E-state index contributed by atoms with van der Waals surface area (Å²) in [6, 6.07) is 10.7. The summed E-state index contributed by atoms with van der Waals surface area (Å²) < 4.78 is 2.31. The zero-order chi connectivity index (χ0) is 15.0. The minimum absolute atomic E-state index is 0.433. The third kappa shape index (κ3) is 2.62. The Morgan fingerprint density at radius 1 is 1.10 bits per heavy atom. The van der Waals surface area contributed by atoms with E-state index in [1.54, 1.807) is 28.9 Å². The van der Waals surface area contributed by atoms with E-state index in [1.165, 1.54) is 0 Å². The SMILES string of the molecule is Nc1cccc(-c2nnnn2-c2ccc(Cl)c(Cl)c2)c1Br. The Hall–Kier alpha value is -1.63. The van der Waals surface area contributed by atoms with E-state index in [0.29, 0.717) is 27.2 Å². The van der Waals surface area contributed by atoms with Crippen LogP contribution in [0, 0.1) is 0 Å². The summed E-state index contributed by atoms with van der Waals surface area (Å²) in [5.74, 6) is 0.549. The molecule has 0 bridgehead atoms. The van der Waals surface area contributed by atoms with Crippen LogP contribution in [-0.4, -0.2) is 20.2 Å². The largest absolute Gasteiger partial charge is 0.398 e. The minimum atomic E-state index is 0.433. The molecule has 0 spiro atoms. The summed E-state index contributed by atoms with van der Waals surface area (Å²) in [5.41, 5.74) is 7.99. The Kier molecular flexibility index (Phi) is 3.84. The quantitative estimate of drug-likeness (QED) is 0.678. The van der Waals surface area contributed by atoms with Gasteiger partial charge >= 0.3 is 0 Å². The lowest BCUT2D eigenvalue weighted by molar-refractivity contribution is 0.791. The first kappa shape index (κ1) is 14.3. The topological polar surface area (TPSA) is 69.6 Å². The normalized spacial score (nSPS) is 10.8. The van der Waals surface area contributed by atoms with E-state index in [9.17, 15) is 0 Å². The summed E-state index contributed by atoms with van der Waals surface area (Å²) in [6.07, 6.45) is 0. The zero-order valence-electron chi connectivity index (χ0n) is 10.5. The van der Waals surface area contributed by atoms with Crippen LogP contribution < -0.4 is 5.73 Å². The number of aromatic nitrogens is 4. The van der Waals surface area contributed by atoms with Gasteiger partial charge < -0.3 is 5.73 Å². The number of benzene rings is 2. The predicted octanol–water partition coefficient (Wildman–Crippen LogP) is 3.98. The van der Waals surface area contributed by atoms with Crippen molar-refractivity contribution in [2.45, 2.75) is 0 Å². The summed E-state index contributed by atoms with van der Waals surface area (Å²) in [7, 11) is 0. The maximum absolute atomic E-state index is 6.04. The lowest BCUT2D eigenvalue weighted by atomic mass is 10.2. The fraction of sp³-hybridized carbons (Fsp3) is 0. The highest BCUT2D eigenvalue weighted by atomic mass is 79.9. The Balaban J connectivity index is 2.17. The standard InChI is InChI=1S/C13H8BrCl2N5/c14-12-8(2-1-3-11(12)17)13-18-19-20-21(13)7-4-5-9(15)10(16)6-7/h1-6H,17H2. The molecule has 0 fully saturated rings. The van der Waals surface area contributed by atoms with Crippen LogP contribution in [0.5, 0.6) is 0 Å². The van der Waals surface area contributed by atoms with E-state index in [2.05, 4.69) is 31.5 Å². The molecular formula is C13H8BrCl2N5. The number of nitrogen functional groups attached to an aromatic ring is 1. The summed E-state index contributed by atoms with van der Waals surface area (Å²) >= 11 is 15.4. The van der Waals surface area contributed by atoms with Crippen LogP contribution in [0.25, 0.3) is 17.1 Å². The molecule has 0 saturated heterocycles. The average Bonchev–Trinajstić information content (AvgIpc) is 2.94. The lowest BCUT2D eigenvalue weighted by Crippen LogP contribution is -2.01. The average molecular weight is 385 g/mol. The first-order valence-corrected chi connectivity index (χ1v) is 7.41. The maximum Gasteiger partial charge on any atom is 0.188 e. The smallest absolute Gasteiger partial charge is 0.188 e. The van der Waals surface area contributed by atoms with E-state index in [4.69, 9.17) is 28.9 Å². The first-order chi connectivity index (χ1) is 10.1. The van der Waals surface area contributed by atoms with Crippen LogP contribution >= 0.6 is 39.1 Å². The lowest BCUT2D eigenvalue weighted by Gasteiger charge is -2.08. The zero-order valence-corrected chi connectivity index (χ0v) is 13.6. The second kappa shape index (κ2) is 5.63. The van der Waals surface area contributed by atoms with Gasteiger partial charge in [0.25, 0.3) is 0 Å². The molecule has 21 heavy (non-hydrogen) atoms. The molecular weight excluding hydrogens is 377 g/mol. The van der Waals surface area contributed by atoms with E-state index < -0.39 is 0 Å². The van der Waals surface area contributed by atoms with Crippen LogP contribution in [-0.2, 0) is 0 Å². The summed E-state index contributed by atoms with van der Waals surface area (Å²) in [5, 5.41) is 12.7. The van der Waals surface area contributed by atoms with Gasteiger partial charge in [-0.2, -0.15) is 4.68 Å². The number of hydrogen-bond donors (Lipinski definition) is 1. The van der Waals surface area contributed by atoms with Gasteiger partial charge in [0.2, 0.25) is 0 Å². The van der Waals surface area contributed by atoms with Crippen molar-refractivity contribution in [1.82, 2.24) is 20.2 Å². The summed E-state index contributed by atoms with van der Waals surface area (Å²) in [4.78, 5) is 0.